The number of benzene rings is 2. The van der Waals surface area contributed by atoms with E-state index < -0.39 is 0 Å². The van der Waals surface area contributed by atoms with Crippen LogP contribution in [-0.4, -0.2) is 10.1 Å². The molecule has 3 rings (SSSR count). The van der Waals surface area contributed by atoms with Crippen LogP contribution in [0.3, 0.4) is 0 Å². The highest BCUT2D eigenvalue weighted by Crippen LogP contribution is 2.16. The fourth-order valence-electron chi connectivity index (χ4n) is 2.44. The van der Waals surface area contributed by atoms with E-state index in [0.29, 0.717) is 11.7 Å². The lowest BCUT2D eigenvalue weighted by atomic mass is 10.1. The van der Waals surface area contributed by atoms with Gasteiger partial charge in [0, 0.05) is 19.2 Å². The second-order valence-electron chi connectivity index (χ2n) is 5.47. The lowest BCUT2D eigenvalue weighted by Crippen LogP contribution is -2.28. The summed E-state index contributed by atoms with van der Waals surface area (Å²) in [6, 6.07) is 24.5. The van der Waals surface area contributed by atoms with Crippen LogP contribution in [-0.2, 0) is 13.0 Å². The predicted octanol–water partition coefficient (Wildman–Crippen LogP) is 4.16. The Labute approximate surface area is 147 Å². The summed E-state index contributed by atoms with van der Waals surface area (Å²) in [7, 11) is 0. The van der Waals surface area contributed by atoms with Crippen molar-refractivity contribution >= 4 is 23.1 Å². The summed E-state index contributed by atoms with van der Waals surface area (Å²) in [4.78, 5) is 4.43. The number of pyridine rings is 1. The maximum atomic E-state index is 5.40. The summed E-state index contributed by atoms with van der Waals surface area (Å²) >= 11 is 5.40. The van der Waals surface area contributed by atoms with Crippen LogP contribution in [0.15, 0.2) is 79.0 Å². The molecule has 0 saturated heterocycles. The first-order valence-corrected chi connectivity index (χ1v) is 8.29. The molecule has 0 aliphatic rings. The van der Waals surface area contributed by atoms with Crippen molar-refractivity contribution in [1.29, 1.82) is 0 Å². The predicted molar refractivity (Wildman–Crippen MR) is 103 cm³/mol. The Bertz CT molecular complexity index is 788. The molecule has 0 radical (unpaired) electrons. The van der Waals surface area contributed by atoms with Gasteiger partial charge in [0.2, 0.25) is 0 Å². The molecule has 0 amide bonds. The van der Waals surface area contributed by atoms with E-state index in [-0.39, 0.29) is 0 Å². The summed E-state index contributed by atoms with van der Waals surface area (Å²) in [6.45, 7) is 0.688. The Kier molecular flexibility index (Phi) is 5.53. The van der Waals surface area contributed by atoms with Crippen molar-refractivity contribution in [2.45, 2.75) is 13.0 Å². The molecule has 1 heterocycles. The topological polar surface area (TPSA) is 37.0 Å². The molecule has 0 unspecified atom stereocenters. The first kappa shape index (κ1) is 16.1. The molecule has 0 fully saturated rings. The van der Waals surface area contributed by atoms with E-state index in [0.717, 1.165) is 17.8 Å². The standard InChI is InChI=1S/C20H19N3S/c24-20(22-15-17-10-5-2-6-11-17)23-19-18(12-7-13-21-19)14-16-8-3-1-4-9-16/h1-13H,14-15H2,(H2,21,22,23,24). The molecule has 24 heavy (non-hydrogen) atoms. The van der Waals surface area contributed by atoms with E-state index in [1.54, 1.807) is 6.20 Å². The van der Waals surface area contributed by atoms with Crippen LogP contribution in [0.25, 0.3) is 0 Å². The quantitative estimate of drug-likeness (QED) is 0.688. The summed E-state index contributed by atoms with van der Waals surface area (Å²) in [5.41, 5.74) is 3.55. The zero-order valence-corrected chi connectivity index (χ0v) is 14.1. The molecule has 120 valence electrons. The van der Waals surface area contributed by atoms with Gasteiger partial charge in [-0.1, -0.05) is 66.7 Å². The molecular formula is C20H19N3S. The van der Waals surface area contributed by atoms with E-state index in [9.17, 15) is 0 Å². The Morgan fingerprint density at radius 3 is 2.21 bits per heavy atom. The van der Waals surface area contributed by atoms with Gasteiger partial charge in [0.15, 0.2) is 5.11 Å². The normalized spacial score (nSPS) is 10.2. The number of rotatable bonds is 5. The van der Waals surface area contributed by atoms with Gasteiger partial charge in [-0.3, -0.25) is 0 Å². The minimum Gasteiger partial charge on any atom is -0.358 e. The van der Waals surface area contributed by atoms with Gasteiger partial charge in [-0.2, -0.15) is 0 Å². The zero-order chi connectivity index (χ0) is 16.6. The number of anilines is 1. The second kappa shape index (κ2) is 8.22. The number of nitrogens with zero attached hydrogens (tertiary/aromatic N) is 1. The van der Waals surface area contributed by atoms with Crippen LogP contribution < -0.4 is 10.6 Å². The molecule has 0 saturated carbocycles. The minimum absolute atomic E-state index is 0.576. The van der Waals surface area contributed by atoms with E-state index in [2.05, 4.69) is 45.9 Å². The summed E-state index contributed by atoms with van der Waals surface area (Å²) < 4.78 is 0. The maximum absolute atomic E-state index is 5.40. The highest BCUT2D eigenvalue weighted by atomic mass is 32.1. The van der Waals surface area contributed by atoms with Crippen LogP contribution >= 0.6 is 12.2 Å². The third-order valence-corrected chi connectivity index (χ3v) is 3.90. The van der Waals surface area contributed by atoms with E-state index in [1.165, 1.54) is 11.1 Å². The fourth-order valence-corrected chi connectivity index (χ4v) is 2.61. The summed E-state index contributed by atoms with van der Waals surface area (Å²) in [5.74, 6) is 0.798. The second-order valence-corrected chi connectivity index (χ2v) is 5.88. The Hall–Kier alpha value is -2.72. The fraction of sp³-hybridized carbons (Fsp3) is 0.100. The van der Waals surface area contributed by atoms with Gasteiger partial charge in [-0.25, -0.2) is 4.98 Å². The smallest absolute Gasteiger partial charge is 0.172 e. The highest BCUT2D eigenvalue weighted by Gasteiger charge is 2.06. The zero-order valence-electron chi connectivity index (χ0n) is 13.3. The molecule has 2 aromatic carbocycles. The Balaban J connectivity index is 1.63. The molecule has 3 nitrogen and oxygen atoms in total. The number of hydrogen-bond acceptors (Lipinski definition) is 2. The van der Waals surface area contributed by atoms with Gasteiger partial charge in [0.05, 0.1) is 0 Å². The van der Waals surface area contributed by atoms with Gasteiger partial charge in [-0.15, -0.1) is 0 Å². The summed E-state index contributed by atoms with van der Waals surface area (Å²) in [6.07, 6.45) is 2.59. The average molecular weight is 333 g/mol. The van der Waals surface area contributed by atoms with Gasteiger partial charge in [-0.05, 0) is 35.0 Å². The van der Waals surface area contributed by atoms with Crippen molar-refractivity contribution in [3.8, 4) is 0 Å². The highest BCUT2D eigenvalue weighted by molar-refractivity contribution is 7.80. The van der Waals surface area contributed by atoms with E-state index in [1.807, 2.05) is 42.5 Å². The number of nitrogens with one attached hydrogen (secondary N) is 2. The molecule has 0 spiro atoms. The molecule has 0 aliphatic heterocycles. The molecule has 0 atom stereocenters. The van der Waals surface area contributed by atoms with Crippen molar-refractivity contribution in [2.24, 2.45) is 0 Å². The molecule has 1 aromatic heterocycles. The molecular weight excluding hydrogens is 314 g/mol. The number of thiocarbonyl (C=S) groups is 1. The van der Waals surface area contributed by atoms with E-state index >= 15 is 0 Å². The van der Waals surface area contributed by atoms with Crippen LogP contribution in [0.5, 0.6) is 0 Å². The molecule has 0 aliphatic carbocycles. The molecule has 3 aromatic rings. The van der Waals surface area contributed by atoms with Gasteiger partial charge in [0.25, 0.3) is 0 Å². The van der Waals surface area contributed by atoms with Gasteiger partial charge in [0.1, 0.15) is 5.82 Å². The first-order chi connectivity index (χ1) is 11.8. The Morgan fingerprint density at radius 2 is 1.50 bits per heavy atom. The van der Waals surface area contributed by atoms with Crippen LogP contribution in [0.4, 0.5) is 5.82 Å². The van der Waals surface area contributed by atoms with Crippen LogP contribution in [0, 0.1) is 0 Å². The third-order valence-electron chi connectivity index (χ3n) is 3.66. The molecule has 4 heteroatoms. The third kappa shape index (κ3) is 4.64. The van der Waals surface area contributed by atoms with Gasteiger partial charge < -0.3 is 10.6 Å². The maximum Gasteiger partial charge on any atom is 0.172 e. The van der Waals surface area contributed by atoms with Crippen LogP contribution in [0.2, 0.25) is 0 Å². The SMILES string of the molecule is S=C(NCc1ccccc1)Nc1ncccc1Cc1ccccc1. The lowest BCUT2D eigenvalue weighted by Gasteiger charge is -2.13. The van der Waals surface area contributed by atoms with Crippen molar-refractivity contribution in [3.05, 3.63) is 95.7 Å². The summed E-state index contributed by atoms with van der Waals surface area (Å²) in [5, 5.41) is 7.00. The minimum atomic E-state index is 0.576. The first-order valence-electron chi connectivity index (χ1n) is 7.88. The van der Waals surface area contributed by atoms with Crippen molar-refractivity contribution in [1.82, 2.24) is 10.3 Å². The van der Waals surface area contributed by atoms with Crippen molar-refractivity contribution in [3.63, 3.8) is 0 Å². The number of aromatic nitrogens is 1. The lowest BCUT2D eigenvalue weighted by molar-refractivity contribution is 0.924. The van der Waals surface area contributed by atoms with Crippen molar-refractivity contribution < 1.29 is 0 Å². The molecule has 2 N–H and O–H groups in total. The Morgan fingerprint density at radius 1 is 0.833 bits per heavy atom. The van der Waals surface area contributed by atoms with Gasteiger partial charge >= 0.3 is 0 Å². The van der Waals surface area contributed by atoms with Crippen molar-refractivity contribution in [2.75, 3.05) is 5.32 Å². The van der Waals surface area contributed by atoms with Crippen LogP contribution in [0.1, 0.15) is 16.7 Å². The monoisotopic (exact) mass is 333 g/mol. The van der Waals surface area contributed by atoms with E-state index in [4.69, 9.17) is 12.2 Å². The average Bonchev–Trinajstić information content (AvgIpc) is 2.63. The number of hydrogen-bond donors (Lipinski definition) is 2. The molecule has 0 bridgehead atoms. The largest absolute Gasteiger partial charge is 0.358 e.